The van der Waals surface area contributed by atoms with Crippen molar-refractivity contribution in [1.29, 1.82) is 0 Å². The number of aryl methyl sites for hydroxylation is 2. The highest BCUT2D eigenvalue weighted by Gasteiger charge is 2.19. The summed E-state index contributed by atoms with van der Waals surface area (Å²) in [7, 11) is 0. The van der Waals surface area contributed by atoms with E-state index >= 15 is 0 Å². The van der Waals surface area contributed by atoms with Crippen molar-refractivity contribution in [3.05, 3.63) is 36.3 Å². The first-order valence-corrected chi connectivity index (χ1v) is 9.59. The van der Waals surface area contributed by atoms with Gasteiger partial charge in [0.25, 0.3) is 0 Å². The first-order valence-electron chi connectivity index (χ1n) is 7.25. The van der Waals surface area contributed by atoms with E-state index in [9.17, 15) is 0 Å². The third kappa shape index (κ3) is 4.21. The molecule has 116 valence electrons. The number of nitrogens with zero attached hydrogens (tertiary/aromatic N) is 2. The highest BCUT2D eigenvalue weighted by Crippen LogP contribution is 2.29. The quantitative estimate of drug-likeness (QED) is 0.630. The van der Waals surface area contributed by atoms with Crippen molar-refractivity contribution < 1.29 is 0 Å². The number of thiophene rings is 1. The summed E-state index contributed by atoms with van der Waals surface area (Å²) in [5.41, 5.74) is 3.39. The molecule has 2 rings (SSSR count). The molecule has 3 nitrogen and oxygen atoms in total. The molecule has 0 fully saturated rings. The minimum atomic E-state index is 0.295. The lowest BCUT2D eigenvalue weighted by Crippen LogP contribution is -2.25. The molecule has 21 heavy (non-hydrogen) atoms. The Morgan fingerprint density at radius 1 is 1.48 bits per heavy atom. The van der Waals surface area contributed by atoms with Gasteiger partial charge in [0.2, 0.25) is 0 Å². The van der Waals surface area contributed by atoms with Gasteiger partial charge >= 0.3 is 0 Å². The van der Waals surface area contributed by atoms with Gasteiger partial charge in [-0.3, -0.25) is 4.68 Å². The predicted octanol–water partition coefficient (Wildman–Crippen LogP) is 4.81. The van der Waals surface area contributed by atoms with E-state index in [0.717, 1.165) is 42.3 Å². The van der Waals surface area contributed by atoms with Gasteiger partial charge in [-0.05, 0) is 66.4 Å². The zero-order valence-electron chi connectivity index (χ0n) is 12.6. The second-order valence-corrected chi connectivity index (χ2v) is 8.24. The van der Waals surface area contributed by atoms with Gasteiger partial charge in [0, 0.05) is 19.0 Å². The largest absolute Gasteiger partial charge is 0.310 e. The maximum absolute atomic E-state index is 6.45. The topological polar surface area (TPSA) is 29.9 Å². The number of nitrogens with one attached hydrogen (secondary N) is 1. The minimum Gasteiger partial charge on any atom is -0.310 e. The van der Waals surface area contributed by atoms with Crippen molar-refractivity contribution in [3.8, 4) is 0 Å². The van der Waals surface area contributed by atoms with Gasteiger partial charge in [0.05, 0.1) is 19.3 Å². The molecule has 0 radical (unpaired) electrons. The van der Waals surface area contributed by atoms with Gasteiger partial charge in [-0.25, -0.2) is 0 Å². The van der Waals surface area contributed by atoms with Gasteiger partial charge in [0.1, 0.15) is 0 Å². The van der Waals surface area contributed by atoms with Crippen molar-refractivity contribution in [2.45, 2.75) is 46.2 Å². The van der Waals surface area contributed by atoms with Gasteiger partial charge in [-0.2, -0.15) is 5.10 Å². The van der Waals surface area contributed by atoms with Crippen LogP contribution in [0.2, 0.25) is 5.02 Å². The molecule has 0 bridgehead atoms. The van der Waals surface area contributed by atoms with Crippen LogP contribution in [0.5, 0.6) is 0 Å². The van der Waals surface area contributed by atoms with E-state index in [2.05, 4.69) is 58.3 Å². The Morgan fingerprint density at radius 3 is 2.81 bits per heavy atom. The average Bonchev–Trinajstić information content (AvgIpc) is 3.01. The molecule has 0 spiro atoms. The second-order valence-electron chi connectivity index (χ2n) is 5.06. The molecule has 1 atom stereocenters. The van der Waals surface area contributed by atoms with Gasteiger partial charge in [-0.15, -0.1) is 11.3 Å². The fourth-order valence-corrected chi connectivity index (χ4v) is 4.03. The molecule has 0 saturated heterocycles. The van der Waals surface area contributed by atoms with Crippen LogP contribution in [-0.2, 0) is 13.0 Å². The highest BCUT2D eigenvalue weighted by molar-refractivity contribution is 14.1. The summed E-state index contributed by atoms with van der Waals surface area (Å²) in [6.07, 6.45) is 2.00. The maximum Gasteiger partial charge on any atom is 0.0847 e. The summed E-state index contributed by atoms with van der Waals surface area (Å²) in [5.74, 6) is 0. The second kappa shape index (κ2) is 7.94. The number of hydrogen-bond donors (Lipinski definition) is 1. The highest BCUT2D eigenvalue weighted by atomic mass is 127. The number of hydrogen-bond acceptors (Lipinski definition) is 3. The van der Waals surface area contributed by atoms with E-state index in [1.54, 1.807) is 11.3 Å². The summed E-state index contributed by atoms with van der Waals surface area (Å²) < 4.78 is 3.34. The smallest absolute Gasteiger partial charge is 0.0847 e. The molecule has 1 unspecified atom stereocenters. The number of halogens is 2. The van der Waals surface area contributed by atoms with Crippen molar-refractivity contribution in [3.63, 3.8) is 0 Å². The molecule has 0 aromatic carbocycles. The van der Waals surface area contributed by atoms with Crippen LogP contribution >= 0.6 is 45.5 Å². The minimum absolute atomic E-state index is 0.295. The molecule has 0 amide bonds. The van der Waals surface area contributed by atoms with E-state index in [1.807, 2.05) is 11.6 Å². The Balaban J connectivity index is 2.26. The standard InChI is InChI=1S/C15H21ClIN3S/c1-4-6-18-12(11-7-14(17)21-9-11)8-13-15(16)10(3)19-20(13)5-2/h7,9,12,18H,4-6,8H2,1-3H3. The van der Waals surface area contributed by atoms with Crippen LogP contribution < -0.4 is 5.32 Å². The summed E-state index contributed by atoms with van der Waals surface area (Å²) in [4.78, 5) is 0. The van der Waals surface area contributed by atoms with Crippen LogP contribution in [0.25, 0.3) is 0 Å². The molecule has 0 aliphatic carbocycles. The SMILES string of the molecule is CCCNC(Cc1c(Cl)c(C)nn1CC)c1csc(I)c1. The lowest BCUT2D eigenvalue weighted by atomic mass is 10.0. The zero-order valence-corrected chi connectivity index (χ0v) is 16.3. The summed E-state index contributed by atoms with van der Waals surface area (Å²) in [6, 6.07) is 2.55. The molecule has 0 aliphatic rings. The maximum atomic E-state index is 6.45. The first kappa shape index (κ1) is 17.2. The van der Waals surface area contributed by atoms with Gasteiger partial charge in [0.15, 0.2) is 0 Å². The first-order chi connectivity index (χ1) is 10.1. The third-order valence-electron chi connectivity index (χ3n) is 3.48. The van der Waals surface area contributed by atoms with Crippen molar-refractivity contribution in [1.82, 2.24) is 15.1 Å². The average molecular weight is 438 g/mol. The van der Waals surface area contributed by atoms with E-state index in [4.69, 9.17) is 11.6 Å². The monoisotopic (exact) mass is 437 g/mol. The van der Waals surface area contributed by atoms with E-state index in [0.29, 0.717) is 6.04 Å². The van der Waals surface area contributed by atoms with E-state index in [-0.39, 0.29) is 0 Å². The number of rotatable bonds is 7. The lowest BCUT2D eigenvalue weighted by Gasteiger charge is -2.18. The molecule has 2 heterocycles. The van der Waals surface area contributed by atoms with Crippen molar-refractivity contribution in [2.24, 2.45) is 0 Å². The van der Waals surface area contributed by atoms with Crippen LogP contribution in [-0.4, -0.2) is 16.3 Å². The molecule has 6 heteroatoms. The van der Waals surface area contributed by atoms with Crippen LogP contribution in [0.3, 0.4) is 0 Å². The van der Waals surface area contributed by atoms with Crippen LogP contribution in [0.15, 0.2) is 11.4 Å². The van der Waals surface area contributed by atoms with E-state index in [1.165, 1.54) is 8.45 Å². The Labute approximate surface area is 149 Å². The molecule has 0 aliphatic heterocycles. The molecular weight excluding hydrogens is 417 g/mol. The van der Waals surface area contributed by atoms with Crippen LogP contribution in [0, 0.1) is 9.81 Å². The molecule has 2 aromatic rings. The molecule has 2 aromatic heterocycles. The van der Waals surface area contributed by atoms with Gasteiger partial charge in [-0.1, -0.05) is 18.5 Å². The Hall–Kier alpha value is -0.110. The Kier molecular flexibility index (Phi) is 6.52. The fraction of sp³-hybridized carbons (Fsp3) is 0.533. The Bertz CT molecular complexity index is 594. The third-order valence-corrected chi connectivity index (χ3v) is 5.78. The molecule has 1 N–H and O–H groups in total. The summed E-state index contributed by atoms with van der Waals surface area (Å²) in [5, 5.41) is 11.2. The predicted molar refractivity (Wildman–Crippen MR) is 99.4 cm³/mol. The summed E-state index contributed by atoms with van der Waals surface area (Å²) in [6.45, 7) is 8.13. The number of aromatic nitrogens is 2. The zero-order chi connectivity index (χ0) is 15.4. The summed E-state index contributed by atoms with van der Waals surface area (Å²) >= 11 is 10.6. The van der Waals surface area contributed by atoms with Gasteiger partial charge < -0.3 is 5.32 Å². The lowest BCUT2D eigenvalue weighted by molar-refractivity contribution is 0.503. The fourth-order valence-electron chi connectivity index (χ4n) is 2.39. The molecule has 0 saturated carbocycles. The van der Waals surface area contributed by atoms with E-state index < -0.39 is 0 Å². The Morgan fingerprint density at radius 2 is 2.24 bits per heavy atom. The molecular formula is C15H21ClIN3S. The van der Waals surface area contributed by atoms with Crippen molar-refractivity contribution in [2.75, 3.05) is 6.54 Å². The normalized spacial score (nSPS) is 12.8. The van der Waals surface area contributed by atoms with Crippen molar-refractivity contribution >= 4 is 45.5 Å². The van der Waals surface area contributed by atoms with Crippen LogP contribution in [0.4, 0.5) is 0 Å². The van der Waals surface area contributed by atoms with Crippen LogP contribution in [0.1, 0.15) is 43.3 Å².